The van der Waals surface area contributed by atoms with Crippen molar-refractivity contribution in [1.29, 1.82) is 0 Å². The molecule has 88 valence electrons. The normalized spacial score (nSPS) is 15.3. The third-order valence-electron chi connectivity index (χ3n) is 2.93. The number of aromatic nitrogens is 3. The summed E-state index contributed by atoms with van der Waals surface area (Å²) >= 11 is 0. The number of fused-ring (bicyclic) bond motifs is 1. The first-order valence-electron chi connectivity index (χ1n) is 5.47. The molecule has 1 aliphatic rings. The molecule has 1 aliphatic carbocycles. The maximum Gasteiger partial charge on any atom is 0.309 e. The summed E-state index contributed by atoms with van der Waals surface area (Å²) in [5.41, 5.74) is 1.62. The van der Waals surface area contributed by atoms with E-state index in [1.807, 2.05) is 0 Å². The molecule has 1 fully saturated rings. The number of H-pyrrole nitrogens is 1. The van der Waals surface area contributed by atoms with Gasteiger partial charge in [0.25, 0.3) is 5.56 Å². The van der Waals surface area contributed by atoms with Crippen LogP contribution in [-0.2, 0) is 11.2 Å². The first kappa shape index (κ1) is 10.1. The molecule has 0 bridgehead atoms. The van der Waals surface area contributed by atoms with Crippen LogP contribution in [0.25, 0.3) is 5.65 Å². The van der Waals surface area contributed by atoms with E-state index in [0.29, 0.717) is 17.3 Å². The molecule has 0 saturated heterocycles. The first-order chi connectivity index (χ1) is 8.15. The molecule has 2 N–H and O–H groups in total. The van der Waals surface area contributed by atoms with E-state index in [9.17, 15) is 9.59 Å². The highest BCUT2D eigenvalue weighted by Crippen LogP contribution is 2.41. The Labute approximate surface area is 95.9 Å². The maximum atomic E-state index is 11.7. The molecule has 0 atom stereocenters. The lowest BCUT2D eigenvalue weighted by molar-refractivity contribution is -0.136. The van der Waals surface area contributed by atoms with Crippen LogP contribution < -0.4 is 5.56 Å². The molecule has 0 amide bonds. The van der Waals surface area contributed by atoms with Crippen molar-refractivity contribution < 1.29 is 9.90 Å². The Balaban J connectivity index is 2.17. The van der Waals surface area contributed by atoms with Gasteiger partial charge >= 0.3 is 5.97 Å². The van der Waals surface area contributed by atoms with Crippen LogP contribution >= 0.6 is 0 Å². The minimum Gasteiger partial charge on any atom is -0.481 e. The number of rotatable bonds is 3. The van der Waals surface area contributed by atoms with Crippen LogP contribution in [-0.4, -0.2) is 25.7 Å². The van der Waals surface area contributed by atoms with Crippen LogP contribution in [0.2, 0.25) is 0 Å². The molecular weight excluding hydrogens is 222 g/mol. The molecule has 0 spiro atoms. The number of carbonyl (C=O) groups is 1. The molecule has 1 saturated carbocycles. The van der Waals surface area contributed by atoms with Gasteiger partial charge in [0.1, 0.15) is 0 Å². The van der Waals surface area contributed by atoms with Gasteiger partial charge in [-0.2, -0.15) is 0 Å². The summed E-state index contributed by atoms with van der Waals surface area (Å²) in [5, 5.41) is 11.6. The van der Waals surface area contributed by atoms with E-state index in [0.717, 1.165) is 18.4 Å². The smallest absolute Gasteiger partial charge is 0.309 e. The summed E-state index contributed by atoms with van der Waals surface area (Å²) in [7, 11) is 0. The Kier molecular flexibility index (Phi) is 2.04. The van der Waals surface area contributed by atoms with Crippen LogP contribution in [0.4, 0.5) is 0 Å². The molecule has 2 heterocycles. The monoisotopic (exact) mass is 233 g/mol. The summed E-state index contributed by atoms with van der Waals surface area (Å²) in [5.74, 6) is -0.520. The average molecular weight is 233 g/mol. The topological polar surface area (TPSA) is 87.5 Å². The number of aliphatic carboxylic acids is 1. The van der Waals surface area contributed by atoms with Crippen molar-refractivity contribution in [2.45, 2.75) is 25.2 Å². The first-order valence-corrected chi connectivity index (χ1v) is 5.47. The highest BCUT2D eigenvalue weighted by molar-refractivity contribution is 5.69. The highest BCUT2D eigenvalue weighted by atomic mass is 16.4. The van der Waals surface area contributed by atoms with Crippen molar-refractivity contribution in [3.8, 4) is 0 Å². The predicted octanol–water partition coefficient (Wildman–Crippen LogP) is 0.527. The van der Waals surface area contributed by atoms with Crippen molar-refractivity contribution in [1.82, 2.24) is 14.6 Å². The number of aromatic amines is 1. The lowest BCUT2D eigenvalue weighted by Gasteiger charge is -1.99. The van der Waals surface area contributed by atoms with E-state index in [1.165, 1.54) is 10.6 Å². The fourth-order valence-corrected chi connectivity index (χ4v) is 1.99. The fraction of sp³-hybridized carbons (Fsp3) is 0.364. The van der Waals surface area contributed by atoms with Crippen LogP contribution in [0.15, 0.2) is 17.1 Å². The van der Waals surface area contributed by atoms with Gasteiger partial charge in [-0.3, -0.25) is 14.7 Å². The van der Waals surface area contributed by atoms with Gasteiger partial charge < -0.3 is 5.11 Å². The quantitative estimate of drug-likeness (QED) is 0.809. The number of nitrogens with zero attached hydrogens (tertiary/aromatic N) is 2. The SMILES string of the molecule is O=C(O)Cc1cc(=O)n2[nH]cc(C3CC3)c2n1. The van der Waals surface area contributed by atoms with Gasteiger partial charge in [0.05, 0.1) is 12.1 Å². The van der Waals surface area contributed by atoms with E-state index < -0.39 is 5.97 Å². The zero-order valence-corrected chi connectivity index (χ0v) is 9.01. The number of carboxylic acid groups (broad SMARTS) is 1. The second-order valence-electron chi connectivity index (χ2n) is 4.32. The van der Waals surface area contributed by atoms with E-state index in [-0.39, 0.29) is 12.0 Å². The predicted molar refractivity (Wildman–Crippen MR) is 59.1 cm³/mol. The van der Waals surface area contributed by atoms with E-state index in [2.05, 4.69) is 10.1 Å². The van der Waals surface area contributed by atoms with E-state index in [1.54, 1.807) is 6.20 Å². The molecule has 3 rings (SSSR count). The van der Waals surface area contributed by atoms with Gasteiger partial charge in [-0.05, 0) is 18.8 Å². The zero-order valence-electron chi connectivity index (χ0n) is 9.01. The number of nitrogens with one attached hydrogen (secondary N) is 1. The minimum absolute atomic E-state index is 0.221. The number of carboxylic acids is 1. The van der Waals surface area contributed by atoms with Crippen LogP contribution in [0.3, 0.4) is 0 Å². The van der Waals surface area contributed by atoms with Crippen LogP contribution in [0.1, 0.15) is 30.0 Å². The summed E-state index contributed by atoms with van der Waals surface area (Å²) < 4.78 is 1.36. The van der Waals surface area contributed by atoms with Crippen LogP contribution in [0.5, 0.6) is 0 Å². The summed E-state index contributed by atoms with van der Waals surface area (Å²) in [6.45, 7) is 0. The van der Waals surface area contributed by atoms with Gasteiger partial charge in [-0.15, -0.1) is 0 Å². The Bertz CT molecular complexity index is 652. The average Bonchev–Trinajstić information content (AvgIpc) is 2.98. The largest absolute Gasteiger partial charge is 0.481 e. The number of hydrogen-bond donors (Lipinski definition) is 2. The molecule has 0 radical (unpaired) electrons. The van der Waals surface area contributed by atoms with Crippen molar-refractivity contribution in [3.05, 3.63) is 33.9 Å². The zero-order chi connectivity index (χ0) is 12.0. The number of hydrogen-bond acceptors (Lipinski definition) is 3. The molecule has 6 nitrogen and oxygen atoms in total. The molecule has 17 heavy (non-hydrogen) atoms. The lowest BCUT2D eigenvalue weighted by Crippen LogP contribution is -2.17. The Morgan fingerprint density at radius 3 is 3.00 bits per heavy atom. The standard InChI is InChI=1S/C11H11N3O3/c15-9-3-7(4-10(16)17)13-11-8(6-1-2-6)5-12-14(9)11/h3,5-6,12H,1-2,4H2,(H,16,17). The molecule has 2 aromatic rings. The Morgan fingerprint density at radius 2 is 2.35 bits per heavy atom. The Hall–Kier alpha value is -2.11. The van der Waals surface area contributed by atoms with E-state index in [4.69, 9.17) is 5.11 Å². The second-order valence-corrected chi connectivity index (χ2v) is 4.32. The maximum absolute atomic E-state index is 11.7. The lowest BCUT2D eigenvalue weighted by atomic mass is 10.2. The van der Waals surface area contributed by atoms with Crippen LogP contribution in [0, 0.1) is 0 Å². The molecule has 0 unspecified atom stereocenters. The van der Waals surface area contributed by atoms with Crippen molar-refractivity contribution in [3.63, 3.8) is 0 Å². The van der Waals surface area contributed by atoms with Gasteiger partial charge in [-0.25, -0.2) is 9.50 Å². The summed E-state index contributed by atoms with van der Waals surface area (Å²) in [4.78, 5) is 26.6. The van der Waals surface area contributed by atoms with Gasteiger partial charge in [0.2, 0.25) is 0 Å². The molecular formula is C11H11N3O3. The van der Waals surface area contributed by atoms with Gasteiger partial charge in [0, 0.05) is 17.8 Å². The summed E-state index contributed by atoms with van der Waals surface area (Å²) in [6, 6.07) is 1.26. The molecule has 2 aromatic heterocycles. The van der Waals surface area contributed by atoms with Crippen molar-refractivity contribution >= 4 is 11.6 Å². The fourth-order valence-electron chi connectivity index (χ4n) is 1.99. The summed E-state index contributed by atoms with van der Waals surface area (Å²) in [6.07, 6.45) is 3.77. The van der Waals surface area contributed by atoms with Crippen molar-refractivity contribution in [2.75, 3.05) is 0 Å². The third-order valence-corrected chi connectivity index (χ3v) is 2.93. The molecule has 0 aromatic carbocycles. The minimum atomic E-state index is -0.982. The highest BCUT2D eigenvalue weighted by Gasteiger charge is 2.27. The molecule has 6 heteroatoms. The Morgan fingerprint density at radius 1 is 1.59 bits per heavy atom. The second kappa shape index (κ2) is 3.44. The third kappa shape index (κ3) is 1.71. The van der Waals surface area contributed by atoms with Gasteiger partial charge in [0.15, 0.2) is 5.65 Å². The van der Waals surface area contributed by atoms with E-state index >= 15 is 0 Å². The molecule has 0 aliphatic heterocycles. The van der Waals surface area contributed by atoms with Crippen molar-refractivity contribution in [2.24, 2.45) is 0 Å². The van der Waals surface area contributed by atoms with Gasteiger partial charge in [-0.1, -0.05) is 0 Å².